The van der Waals surface area contributed by atoms with Crippen LogP contribution in [0.3, 0.4) is 0 Å². The van der Waals surface area contributed by atoms with E-state index in [9.17, 15) is 18.0 Å². The van der Waals surface area contributed by atoms with Gasteiger partial charge in [0.05, 0.1) is 0 Å². The lowest BCUT2D eigenvalue weighted by atomic mass is 10.2. The van der Waals surface area contributed by atoms with Crippen LogP contribution in [0.5, 0.6) is 5.75 Å². The number of amides is 1. The van der Waals surface area contributed by atoms with Crippen molar-refractivity contribution in [1.29, 1.82) is 0 Å². The van der Waals surface area contributed by atoms with Gasteiger partial charge >= 0.3 is 6.36 Å². The Bertz CT molecular complexity index is 1090. The molecule has 5 rings (SSSR count). The van der Waals surface area contributed by atoms with Gasteiger partial charge in [-0.15, -0.1) is 13.2 Å². The van der Waals surface area contributed by atoms with Crippen molar-refractivity contribution < 1.29 is 22.7 Å². The number of carbonyl (C=O) groups is 1. The number of nitrogens with zero attached hydrogens (tertiary/aromatic N) is 4. The number of likely N-dealkylation sites (tertiary alicyclic amines) is 1. The summed E-state index contributed by atoms with van der Waals surface area (Å²) in [6.45, 7) is 2.21. The molecule has 7 nitrogen and oxygen atoms in total. The number of piperidine rings is 1. The minimum atomic E-state index is -4.80. The molecule has 0 radical (unpaired) electrons. The van der Waals surface area contributed by atoms with Crippen LogP contribution in [0.2, 0.25) is 0 Å². The fraction of sp³-hybridized carbons (Fsp3) is 0.348. The Morgan fingerprint density at radius 2 is 1.79 bits per heavy atom. The lowest BCUT2D eigenvalue weighted by molar-refractivity contribution is -0.274. The summed E-state index contributed by atoms with van der Waals surface area (Å²) >= 11 is 0. The number of hydrogen-bond donors (Lipinski definition) is 1. The van der Waals surface area contributed by atoms with E-state index in [1.54, 1.807) is 18.5 Å². The Kier molecular flexibility index (Phi) is 5.53. The van der Waals surface area contributed by atoms with Crippen molar-refractivity contribution in [3.05, 3.63) is 78.6 Å². The van der Waals surface area contributed by atoms with Crippen molar-refractivity contribution in [3.63, 3.8) is 0 Å². The second-order valence-corrected chi connectivity index (χ2v) is 8.34. The molecule has 0 bridgehead atoms. The van der Waals surface area contributed by atoms with Gasteiger partial charge in [-0.3, -0.25) is 9.69 Å². The van der Waals surface area contributed by atoms with E-state index in [1.807, 2.05) is 24.5 Å². The Balaban J connectivity index is 1.17. The first-order valence-electron chi connectivity index (χ1n) is 10.7. The number of ether oxygens (including phenoxy) is 1. The zero-order valence-corrected chi connectivity index (χ0v) is 17.5. The summed E-state index contributed by atoms with van der Waals surface area (Å²) in [7, 11) is 0. The number of alkyl halides is 3. The van der Waals surface area contributed by atoms with Gasteiger partial charge < -0.3 is 14.6 Å². The highest BCUT2D eigenvalue weighted by Crippen LogP contribution is 2.53. The van der Waals surface area contributed by atoms with Crippen LogP contribution < -0.4 is 10.1 Å². The number of carbonyl (C=O) groups excluding carboxylic acids is 1. The van der Waals surface area contributed by atoms with Crippen LogP contribution in [0.1, 0.15) is 22.3 Å². The lowest BCUT2D eigenvalue weighted by Crippen LogP contribution is -2.36. The SMILES string of the molecule is O=C(NCC1C2CN(C(c3ncccn3)n3cccc3)CC12)c1cccc(OC(F)(F)F)c1. The van der Waals surface area contributed by atoms with E-state index in [-0.39, 0.29) is 11.7 Å². The molecule has 1 aliphatic heterocycles. The fourth-order valence-corrected chi connectivity index (χ4v) is 4.77. The molecule has 1 saturated heterocycles. The molecular weight excluding hydrogens is 435 g/mol. The van der Waals surface area contributed by atoms with Crippen molar-refractivity contribution in [3.8, 4) is 5.75 Å². The Morgan fingerprint density at radius 3 is 2.45 bits per heavy atom. The number of benzene rings is 1. The molecule has 3 atom stereocenters. The molecule has 0 spiro atoms. The molecule has 2 aromatic heterocycles. The van der Waals surface area contributed by atoms with Gasteiger partial charge in [0, 0.05) is 50.0 Å². The maximum absolute atomic E-state index is 12.4. The van der Waals surface area contributed by atoms with Crippen molar-refractivity contribution in [2.24, 2.45) is 17.8 Å². The molecular formula is C23H22F3N5O2. The standard InChI is InChI=1S/C23H22F3N5O2/c24-23(25,26)33-16-6-3-5-15(11-16)21(32)29-12-17-18-13-31(14-19(17)18)22(30-9-1-2-10-30)20-27-7-4-8-28-20/h1-11,17-19,22H,12-14H2,(H,29,32). The van der Waals surface area contributed by atoms with Crippen molar-refractivity contribution in [2.45, 2.75) is 12.5 Å². The molecule has 33 heavy (non-hydrogen) atoms. The molecule has 10 heteroatoms. The van der Waals surface area contributed by atoms with Crippen LogP contribution in [0, 0.1) is 17.8 Å². The quantitative estimate of drug-likeness (QED) is 0.589. The first kappa shape index (κ1) is 21.4. The van der Waals surface area contributed by atoms with E-state index >= 15 is 0 Å². The Morgan fingerprint density at radius 1 is 1.09 bits per heavy atom. The summed E-state index contributed by atoms with van der Waals surface area (Å²) in [5, 5.41) is 2.86. The van der Waals surface area contributed by atoms with Crippen molar-refractivity contribution in [1.82, 2.24) is 24.8 Å². The van der Waals surface area contributed by atoms with Crippen LogP contribution in [-0.2, 0) is 0 Å². The van der Waals surface area contributed by atoms with Crippen molar-refractivity contribution >= 4 is 5.91 Å². The maximum atomic E-state index is 12.4. The Labute approximate surface area is 188 Å². The highest BCUT2D eigenvalue weighted by molar-refractivity contribution is 5.94. The molecule has 2 fully saturated rings. The summed E-state index contributed by atoms with van der Waals surface area (Å²) in [6, 6.07) is 10.8. The van der Waals surface area contributed by atoms with Gasteiger partial charge in [0.1, 0.15) is 11.9 Å². The summed E-state index contributed by atoms with van der Waals surface area (Å²) in [4.78, 5) is 23.7. The summed E-state index contributed by atoms with van der Waals surface area (Å²) in [5.74, 6) is 1.17. The molecule has 1 aliphatic carbocycles. The first-order chi connectivity index (χ1) is 15.9. The zero-order chi connectivity index (χ0) is 23.0. The summed E-state index contributed by atoms with van der Waals surface area (Å²) in [5.41, 5.74) is 0.137. The van der Waals surface area contributed by atoms with Gasteiger partial charge in [0.2, 0.25) is 0 Å². The van der Waals surface area contributed by atoms with E-state index in [4.69, 9.17) is 0 Å². The monoisotopic (exact) mass is 457 g/mol. The van der Waals surface area contributed by atoms with E-state index in [2.05, 4.69) is 29.5 Å². The number of fused-ring (bicyclic) bond motifs is 1. The normalized spacial score (nSPS) is 23.1. The third-order valence-electron chi connectivity index (χ3n) is 6.30. The van der Waals surface area contributed by atoms with Gasteiger partial charge in [-0.05, 0) is 54.2 Å². The van der Waals surface area contributed by atoms with E-state index in [0.29, 0.717) is 24.3 Å². The second kappa shape index (κ2) is 8.51. The average molecular weight is 457 g/mol. The molecule has 3 aromatic rings. The topological polar surface area (TPSA) is 72.3 Å². The third-order valence-corrected chi connectivity index (χ3v) is 6.30. The highest BCUT2D eigenvalue weighted by atomic mass is 19.4. The molecule has 3 unspecified atom stereocenters. The van der Waals surface area contributed by atoms with Gasteiger partial charge in [0.25, 0.3) is 5.91 Å². The van der Waals surface area contributed by atoms with Crippen molar-refractivity contribution in [2.75, 3.05) is 19.6 Å². The average Bonchev–Trinajstić information content (AvgIpc) is 3.17. The molecule has 172 valence electrons. The highest BCUT2D eigenvalue weighted by Gasteiger charge is 2.56. The van der Waals surface area contributed by atoms with Gasteiger partial charge in [0.15, 0.2) is 5.82 Å². The Hall–Kier alpha value is -3.40. The number of aromatic nitrogens is 3. The maximum Gasteiger partial charge on any atom is 0.573 e. The number of nitrogens with one attached hydrogen (secondary N) is 1. The zero-order valence-electron chi connectivity index (χ0n) is 17.5. The minimum Gasteiger partial charge on any atom is -0.406 e. The molecule has 1 aromatic carbocycles. The number of halogens is 3. The summed E-state index contributed by atoms with van der Waals surface area (Å²) < 4.78 is 43.2. The molecule has 1 N–H and O–H groups in total. The van der Waals surface area contributed by atoms with Crippen LogP contribution in [0.15, 0.2) is 67.3 Å². The molecule has 1 amide bonds. The van der Waals surface area contributed by atoms with Crippen LogP contribution in [0.25, 0.3) is 0 Å². The van der Waals surface area contributed by atoms with E-state index in [1.165, 1.54) is 18.2 Å². The molecule has 1 saturated carbocycles. The predicted molar refractivity (Wildman–Crippen MR) is 112 cm³/mol. The van der Waals surface area contributed by atoms with Crippen LogP contribution in [0.4, 0.5) is 13.2 Å². The molecule has 3 heterocycles. The second-order valence-electron chi connectivity index (χ2n) is 8.34. The van der Waals surface area contributed by atoms with Crippen LogP contribution in [-0.4, -0.2) is 51.3 Å². The van der Waals surface area contributed by atoms with E-state index < -0.39 is 18.0 Å². The minimum absolute atomic E-state index is 0.0828. The lowest BCUT2D eigenvalue weighted by Gasteiger charge is -2.30. The summed E-state index contributed by atoms with van der Waals surface area (Å²) in [6.07, 6.45) is 2.60. The first-order valence-corrected chi connectivity index (χ1v) is 10.7. The van der Waals surface area contributed by atoms with Gasteiger partial charge in [-0.1, -0.05) is 6.07 Å². The third kappa shape index (κ3) is 4.70. The molecule has 2 aliphatic rings. The van der Waals surface area contributed by atoms with Gasteiger partial charge in [-0.25, -0.2) is 9.97 Å². The van der Waals surface area contributed by atoms with Crippen LogP contribution >= 0.6 is 0 Å². The van der Waals surface area contributed by atoms with E-state index in [0.717, 1.165) is 25.0 Å². The largest absolute Gasteiger partial charge is 0.573 e. The smallest absolute Gasteiger partial charge is 0.406 e. The number of hydrogen-bond acceptors (Lipinski definition) is 5. The number of rotatable bonds is 7. The fourth-order valence-electron chi connectivity index (χ4n) is 4.77. The predicted octanol–water partition coefficient (Wildman–Crippen LogP) is 3.33. The van der Waals surface area contributed by atoms with Gasteiger partial charge in [-0.2, -0.15) is 0 Å².